The van der Waals surface area contributed by atoms with Crippen molar-refractivity contribution in [3.05, 3.63) is 47.5 Å². The van der Waals surface area contributed by atoms with E-state index in [1.165, 1.54) is 36.1 Å². The highest BCUT2D eigenvalue weighted by Crippen LogP contribution is 2.15. The van der Waals surface area contributed by atoms with Crippen LogP contribution in [0.3, 0.4) is 0 Å². The van der Waals surface area contributed by atoms with Gasteiger partial charge in [0, 0.05) is 13.2 Å². The number of nitrogens with zero attached hydrogens (tertiary/aromatic N) is 2. The Hall–Kier alpha value is -2.50. The largest absolute Gasteiger partial charge is 0.354 e. The number of hydrogen-bond acceptors (Lipinski definition) is 3. The molecule has 1 aromatic heterocycles. The average Bonchev–Trinajstić information content (AvgIpc) is 2.87. The van der Waals surface area contributed by atoms with Gasteiger partial charge in [0.05, 0.1) is 11.3 Å². The first-order valence-electron chi connectivity index (χ1n) is 5.19. The smallest absolute Gasteiger partial charge is 0.271 e. The lowest BCUT2D eigenvalue weighted by molar-refractivity contribution is 0.0957. The first-order chi connectivity index (χ1) is 8.67. The number of benzene rings is 1. The molecule has 92 valence electrons. The fraction of sp³-hybridized carbons (Fsp3) is 0.0833. The number of nitrogens with one attached hydrogen (secondary N) is 1. The summed E-state index contributed by atoms with van der Waals surface area (Å²) in [4.78, 5) is 22.2. The average molecular weight is 247 g/mol. The van der Waals surface area contributed by atoms with Crippen LogP contribution in [0.5, 0.6) is 0 Å². The van der Waals surface area contributed by atoms with Crippen LogP contribution < -0.4 is 5.32 Å². The number of hydrogen-bond donors (Lipinski definition) is 1. The topological polar surface area (TPSA) is 64.0 Å². The van der Waals surface area contributed by atoms with E-state index in [9.17, 15) is 14.0 Å². The van der Waals surface area contributed by atoms with Crippen molar-refractivity contribution in [2.24, 2.45) is 0 Å². The van der Waals surface area contributed by atoms with Crippen LogP contribution in [-0.2, 0) is 0 Å². The van der Waals surface area contributed by atoms with E-state index in [1.54, 1.807) is 6.07 Å². The first-order valence-corrected chi connectivity index (χ1v) is 5.19. The molecule has 18 heavy (non-hydrogen) atoms. The second kappa shape index (κ2) is 4.79. The number of aromatic nitrogens is 2. The van der Waals surface area contributed by atoms with E-state index in [-0.39, 0.29) is 17.2 Å². The Labute approximate surface area is 102 Å². The van der Waals surface area contributed by atoms with Gasteiger partial charge in [-0.05, 0) is 18.2 Å². The molecule has 0 aliphatic heterocycles. The molecule has 6 heteroatoms. The number of carbonyl (C=O) groups is 2. The normalized spacial score (nSPS) is 10.1. The zero-order valence-corrected chi connectivity index (χ0v) is 9.55. The molecule has 0 radical (unpaired) electrons. The minimum absolute atomic E-state index is 0.0935. The molecule has 0 aliphatic rings. The van der Waals surface area contributed by atoms with Crippen molar-refractivity contribution in [1.82, 2.24) is 15.1 Å². The number of halogens is 1. The van der Waals surface area contributed by atoms with Gasteiger partial charge in [0.1, 0.15) is 5.82 Å². The molecule has 0 saturated carbocycles. The van der Waals surface area contributed by atoms with Crippen molar-refractivity contribution in [3.63, 3.8) is 0 Å². The molecule has 0 fully saturated rings. The SMILES string of the molecule is CNC(=O)c1ccn(-c2cccc(F)c2C=O)n1. The van der Waals surface area contributed by atoms with Gasteiger partial charge >= 0.3 is 0 Å². The maximum Gasteiger partial charge on any atom is 0.271 e. The van der Waals surface area contributed by atoms with Crippen LogP contribution in [0.25, 0.3) is 5.69 Å². The maximum absolute atomic E-state index is 13.4. The zero-order valence-electron chi connectivity index (χ0n) is 9.55. The highest BCUT2D eigenvalue weighted by molar-refractivity contribution is 5.92. The van der Waals surface area contributed by atoms with Crippen molar-refractivity contribution >= 4 is 12.2 Å². The lowest BCUT2D eigenvalue weighted by atomic mass is 10.2. The van der Waals surface area contributed by atoms with E-state index in [0.717, 1.165) is 0 Å². The van der Waals surface area contributed by atoms with E-state index >= 15 is 0 Å². The minimum atomic E-state index is -0.625. The number of rotatable bonds is 3. The Morgan fingerprint density at radius 3 is 2.89 bits per heavy atom. The fourth-order valence-electron chi connectivity index (χ4n) is 1.55. The summed E-state index contributed by atoms with van der Waals surface area (Å²) in [5.41, 5.74) is 0.391. The van der Waals surface area contributed by atoms with E-state index in [1.807, 2.05) is 0 Å². The Morgan fingerprint density at radius 1 is 1.44 bits per heavy atom. The lowest BCUT2D eigenvalue weighted by Crippen LogP contribution is -2.18. The predicted octanol–water partition coefficient (Wildman–Crippen LogP) is 1.18. The summed E-state index contributed by atoms with van der Waals surface area (Å²) in [6.07, 6.45) is 1.91. The molecule has 0 unspecified atom stereocenters. The Balaban J connectivity index is 2.49. The van der Waals surface area contributed by atoms with Crippen molar-refractivity contribution in [3.8, 4) is 5.69 Å². The monoisotopic (exact) mass is 247 g/mol. The summed E-state index contributed by atoms with van der Waals surface area (Å²) in [6, 6.07) is 5.70. The van der Waals surface area contributed by atoms with Crippen LogP contribution in [-0.4, -0.2) is 29.0 Å². The molecule has 0 saturated heterocycles. The molecule has 0 atom stereocenters. The molecule has 0 spiro atoms. The van der Waals surface area contributed by atoms with Gasteiger partial charge in [-0.15, -0.1) is 0 Å². The second-order valence-corrected chi connectivity index (χ2v) is 3.52. The molecule has 2 aromatic rings. The summed E-state index contributed by atoms with van der Waals surface area (Å²) in [6.45, 7) is 0. The molecule has 0 aliphatic carbocycles. The third-order valence-corrected chi connectivity index (χ3v) is 2.44. The van der Waals surface area contributed by atoms with Crippen LogP contribution in [0, 0.1) is 5.82 Å². The summed E-state index contributed by atoms with van der Waals surface area (Å²) < 4.78 is 14.7. The van der Waals surface area contributed by atoms with E-state index in [2.05, 4.69) is 10.4 Å². The highest BCUT2D eigenvalue weighted by Gasteiger charge is 2.12. The quantitative estimate of drug-likeness (QED) is 0.828. The van der Waals surface area contributed by atoms with Crippen LogP contribution in [0.15, 0.2) is 30.5 Å². The number of amides is 1. The zero-order chi connectivity index (χ0) is 13.1. The van der Waals surface area contributed by atoms with Gasteiger partial charge in [-0.2, -0.15) is 5.10 Å². The predicted molar refractivity (Wildman–Crippen MR) is 62.3 cm³/mol. The number of carbonyl (C=O) groups excluding carboxylic acids is 2. The minimum Gasteiger partial charge on any atom is -0.354 e. The standard InChI is InChI=1S/C12H10FN3O2/c1-14-12(18)10-5-6-16(15-10)11-4-2-3-9(13)8(11)7-17/h2-7H,1H3,(H,14,18). The van der Waals surface area contributed by atoms with Crippen LogP contribution >= 0.6 is 0 Å². The molecule has 2 rings (SSSR count). The molecular formula is C12H10FN3O2. The summed E-state index contributed by atoms with van der Waals surface area (Å²) >= 11 is 0. The maximum atomic E-state index is 13.4. The summed E-state index contributed by atoms with van der Waals surface area (Å²) in [5.74, 6) is -0.975. The van der Waals surface area contributed by atoms with Crippen molar-refractivity contribution in [2.75, 3.05) is 7.05 Å². The van der Waals surface area contributed by atoms with Crippen molar-refractivity contribution in [2.45, 2.75) is 0 Å². The van der Waals surface area contributed by atoms with Gasteiger partial charge in [0.2, 0.25) is 0 Å². The van der Waals surface area contributed by atoms with Gasteiger partial charge in [-0.3, -0.25) is 9.59 Å². The van der Waals surface area contributed by atoms with Gasteiger partial charge in [-0.1, -0.05) is 6.07 Å². The van der Waals surface area contributed by atoms with Crippen molar-refractivity contribution in [1.29, 1.82) is 0 Å². The number of aldehydes is 1. The van der Waals surface area contributed by atoms with Crippen LogP contribution in [0.4, 0.5) is 4.39 Å². The van der Waals surface area contributed by atoms with Crippen molar-refractivity contribution < 1.29 is 14.0 Å². The molecular weight excluding hydrogens is 237 g/mol. The first kappa shape index (κ1) is 12.0. The van der Waals surface area contributed by atoms with Gasteiger partial charge in [0.25, 0.3) is 5.91 Å². The third-order valence-electron chi connectivity index (χ3n) is 2.44. The van der Waals surface area contributed by atoms with E-state index in [0.29, 0.717) is 12.0 Å². The Morgan fingerprint density at radius 2 is 2.22 bits per heavy atom. The van der Waals surface area contributed by atoms with E-state index < -0.39 is 5.82 Å². The van der Waals surface area contributed by atoms with Gasteiger partial charge in [-0.25, -0.2) is 9.07 Å². The lowest BCUT2D eigenvalue weighted by Gasteiger charge is -2.05. The molecule has 1 aromatic carbocycles. The molecule has 0 bridgehead atoms. The molecule has 1 amide bonds. The van der Waals surface area contributed by atoms with Gasteiger partial charge in [0.15, 0.2) is 12.0 Å². The summed E-state index contributed by atoms with van der Waals surface area (Å²) in [7, 11) is 1.49. The molecule has 1 heterocycles. The Bertz CT molecular complexity index is 607. The van der Waals surface area contributed by atoms with Crippen LogP contribution in [0.2, 0.25) is 0 Å². The molecule has 1 N–H and O–H groups in total. The van der Waals surface area contributed by atoms with Gasteiger partial charge < -0.3 is 5.32 Å². The highest BCUT2D eigenvalue weighted by atomic mass is 19.1. The van der Waals surface area contributed by atoms with Crippen LogP contribution in [0.1, 0.15) is 20.8 Å². The third kappa shape index (κ3) is 2.00. The second-order valence-electron chi connectivity index (χ2n) is 3.52. The summed E-state index contributed by atoms with van der Waals surface area (Å²) in [5, 5.41) is 6.41. The fourth-order valence-corrected chi connectivity index (χ4v) is 1.55. The Kier molecular flexibility index (Phi) is 3.18. The molecule has 5 nitrogen and oxygen atoms in total. The van der Waals surface area contributed by atoms with E-state index in [4.69, 9.17) is 0 Å².